The van der Waals surface area contributed by atoms with Crippen molar-refractivity contribution in [1.82, 2.24) is 0 Å². The summed E-state index contributed by atoms with van der Waals surface area (Å²) in [5, 5.41) is 20.0. The molecule has 0 unspecified atom stereocenters. The van der Waals surface area contributed by atoms with Crippen LogP contribution in [-0.4, -0.2) is 18.1 Å². The maximum atomic E-state index is 10.8. The Morgan fingerprint density at radius 3 is 2.65 bits per heavy atom. The molecular formula is C16H12N2O4S. The summed E-state index contributed by atoms with van der Waals surface area (Å²) in [7, 11) is 0. The summed E-state index contributed by atoms with van der Waals surface area (Å²) >= 11 is 1.36. The first-order valence-corrected chi connectivity index (χ1v) is 7.75. The van der Waals surface area contributed by atoms with Crippen LogP contribution in [0.4, 0.5) is 5.69 Å². The number of nitro benzene ring substituents is 1. The van der Waals surface area contributed by atoms with Gasteiger partial charge in [0.1, 0.15) is 6.07 Å². The van der Waals surface area contributed by atoms with Gasteiger partial charge in [-0.25, -0.2) is 0 Å². The monoisotopic (exact) mass is 328 g/mol. The highest BCUT2D eigenvalue weighted by Crippen LogP contribution is 2.38. The standard InChI is InChI=1S/C16H12N2O4S/c17-10-11-8-12(18(19)20)2-5-16(11)23-13-3-4-14-15(9-13)22-7-1-6-21-14/h2-5,8-9H,1,6-7H2. The van der Waals surface area contributed by atoms with Gasteiger partial charge in [-0.15, -0.1) is 0 Å². The average Bonchev–Trinajstić information content (AvgIpc) is 2.80. The number of nitriles is 1. The van der Waals surface area contributed by atoms with Crippen molar-refractivity contribution < 1.29 is 14.4 Å². The van der Waals surface area contributed by atoms with Gasteiger partial charge in [-0.05, 0) is 24.3 Å². The molecule has 0 radical (unpaired) electrons. The van der Waals surface area contributed by atoms with E-state index in [1.165, 1.54) is 23.9 Å². The van der Waals surface area contributed by atoms with E-state index in [-0.39, 0.29) is 11.3 Å². The molecule has 0 atom stereocenters. The van der Waals surface area contributed by atoms with Crippen LogP contribution in [0.1, 0.15) is 12.0 Å². The molecule has 3 rings (SSSR count). The number of hydrogen-bond donors (Lipinski definition) is 0. The number of rotatable bonds is 3. The fraction of sp³-hybridized carbons (Fsp3) is 0.188. The Hall–Kier alpha value is -2.72. The summed E-state index contributed by atoms with van der Waals surface area (Å²) in [5.74, 6) is 1.38. The maximum Gasteiger partial charge on any atom is 0.270 e. The number of benzene rings is 2. The highest BCUT2D eigenvalue weighted by atomic mass is 32.2. The van der Waals surface area contributed by atoms with Gasteiger partial charge < -0.3 is 9.47 Å². The molecule has 7 heteroatoms. The van der Waals surface area contributed by atoms with E-state index in [2.05, 4.69) is 0 Å². The van der Waals surface area contributed by atoms with Crippen LogP contribution in [-0.2, 0) is 0 Å². The largest absolute Gasteiger partial charge is 0.490 e. The number of hydrogen-bond acceptors (Lipinski definition) is 6. The number of non-ortho nitro benzene ring substituents is 1. The molecule has 6 nitrogen and oxygen atoms in total. The van der Waals surface area contributed by atoms with Crippen LogP contribution in [0.25, 0.3) is 0 Å². The zero-order chi connectivity index (χ0) is 16.2. The van der Waals surface area contributed by atoms with Crippen molar-refractivity contribution in [2.75, 3.05) is 13.2 Å². The second kappa shape index (κ2) is 6.58. The first-order valence-electron chi connectivity index (χ1n) is 6.93. The lowest BCUT2D eigenvalue weighted by molar-refractivity contribution is -0.384. The van der Waals surface area contributed by atoms with Crippen molar-refractivity contribution in [3.05, 3.63) is 52.1 Å². The Morgan fingerprint density at radius 1 is 1.13 bits per heavy atom. The molecule has 2 aromatic carbocycles. The van der Waals surface area contributed by atoms with Crippen molar-refractivity contribution in [2.45, 2.75) is 16.2 Å². The molecule has 0 saturated heterocycles. The minimum absolute atomic E-state index is 0.0930. The quantitative estimate of drug-likeness (QED) is 0.629. The highest BCUT2D eigenvalue weighted by molar-refractivity contribution is 7.99. The minimum atomic E-state index is -0.511. The van der Waals surface area contributed by atoms with E-state index in [0.717, 1.165) is 11.3 Å². The summed E-state index contributed by atoms with van der Waals surface area (Å²) in [6.45, 7) is 1.22. The van der Waals surface area contributed by atoms with E-state index in [4.69, 9.17) is 9.47 Å². The van der Waals surface area contributed by atoms with E-state index in [1.807, 2.05) is 24.3 Å². The van der Waals surface area contributed by atoms with Crippen molar-refractivity contribution in [3.8, 4) is 17.6 Å². The molecule has 1 aliphatic heterocycles. The summed E-state index contributed by atoms with van der Waals surface area (Å²) in [5.41, 5.74) is 0.181. The first-order chi connectivity index (χ1) is 11.2. The van der Waals surface area contributed by atoms with Crippen LogP contribution in [0, 0.1) is 21.4 Å². The van der Waals surface area contributed by atoms with Crippen molar-refractivity contribution >= 4 is 17.4 Å². The molecule has 0 N–H and O–H groups in total. The molecule has 0 aromatic heterocycles. The van der Waals surface area contributed by atoms with Gasteiger partial charge >= 0.3 is 0 Å². The zero-order valence-electron chi connectivity index (χ0n) is 12.0. The van der Waals surface area contributed by atoms with E-state index < -0.39 is 4.92 Å². The third-order valence-corrected chi connectivity index (χ3v) is 4.31. The number of nitrogens with zero attached hydrogens (tertiary/aromatic N) is 2. The predicted octanol–water partition coefficient (Wildman–Crippen LogP) is 3.78. The summed E-state index contributed by atoms with van der Waals surface area (Å²) < 4.78 is 11.2. The third kappa shape index (κ3) is 3.38. The molecule has 1 aliphatic rings. The zero-order valence-corrected chi connectivity index (χ0v) is 12.8. The Labute approximate surface area is 136 Å². The second-order valence-corrected chi connectivity index (χ2v) is 5.93. The van der Waals surface area contributed by atoms with Gasteiger partial charge in [-0.1, -0.05) is 11.8 Å². The molecule has 2 aromatic rings. The Morgan fingerprint density at radius 2 is 1.91 bits per heavy atom. The molecule has 0 fully saturated rings. The Kier molecular flexibility index (Phi) is 4.35. The van der Waals surface area contributed by atoms with Crippen LogP contribution in [0.5, 0.6) is 11.5 Å². The third-order valence-electron chi connectivity index (χ3n) is 3.24. The van der Waals surface area contributed by atoms with Crippen LogP contribution in [0.3, 0.4) is 0 Å². The minimum Gasteiger partial charge on any atom is -0.490 e. The molecular weight excluding hydrogens is 316 g/mol. The van der Waals surface area contributed by atoms with Crippen molar-refractivity contribution in [2.24, 2.45) is 0 Å². The normalized spacial score (nSPS) is 13.0. The number of nitro groups is 1. The van der Waals surface area contributed by atoms with Crippen LogP contribution in [0.2, 0.25) is 0 Å². The van der Waals surface area contributed by atoms with Gasteiger partial charge in [0.25, 0.3) is 5.69 Å². The lowest BCUT2D eigenvalue weighted by atomic mass is 10.2. The maximum absolute atomic E-state index is 10.8. The molecule has 0 saturated carbocycles. The van der Waals surface area contributed by atoms with Gasteiger partial charge in [0.05, 0.1) is 23.7 Å². The first kappa shape index (κ1) is 15.2. The van der Waals surface area contributed by atoms with E-state index in [1.54, 1.807) is 6.07 Å². The molecule has 0 aliphatic carbocycles. The molecule has 0 bridgehead atoms. The van der Waals surface area contributed by atoms with Gasteiger partial charge in [-0.2, -0.15) is 5.26 Å². The Balaban J connectivity index is 1.89. The molecule has 116 valence electrons. The molecule has 23 heavy (non-hydrogen) atoms. The van der Waals surface area contributed by atoms with E-state index in [0.29, 0.717) is 29.6 Å². The van der Waals surface area contributed by atoms with E-state index in [9.17, 15) is 15.4 Å². The topological polar surface area (TPSA) is 85.4 Å². The molecule has 0 spiro atoms. The highest BCUT2D eigenvalue weighted by Gasteiger charge is 2.14. The number of fused-ring (bicyclic) bond motifs is 1. The fourth-order valence-electron chi connectivity index (χ4n) is 2.14. The van der Waals surface area contributed by atoms with Gasteiger partial charge in [-0.3, -0.25) is 10.1 Å². The van der Waals surface area contributed by atoms with Crippen LogP contribution < -0.4 is 9.47 Å². The smallest absolute Gasteiger partial charge is 0.270 e. The van der Waals surface area contributed by atoms with Crippen LogP contribution >= 0.6 is 11.8 Å². The van der Waals surface area contributed by atoms with E-state index >= 15 is 0 Å². The lowest BCUT2D eigenvalue weighted by Gasteiger charge is -2.09. The SMILES string of the molecule is N#Cc1cc([N+](=O)[O-])ccc1Sc1ccc2c(c1)OCCCO2. The second-order valence-electron chi connectivity index (χ2n) is 4.81. The fourth-order valence-corrected chi connectivity index (χ4v) is 3.05. The van der Waals surface area contributed by atoms with Crippen molar-refractivity contribution in [3.63, 3.8) is 0 Å². The summed E-state index contributed by atoms with van der Waals surface area (Å²) in [6, 6.07) is 11.8. The Bertz CT molecular complexity index is 801. The summed E-state index contributed by atoms with van der Waals surface area (Å²) in [6.07, 6.45) is 0.831. The number of ether oxygens (including phenoxy) is 2. The molecule has 1 heterocycles. The van der Waals surface area contributed by atoms with Gasteiger partial charge in [0.2, 0.25) is 0 Å². The molecule has 0 amide bonds. The average molecular weight is 328 g/mol. The van der Waals surface area contributed by atoms with Gasteiger partial charge in [0, 0.05) is 28.3 Å². The lowest BCUT2D eigenvalue weighted by Crippen LogP contribution is -1.97. The van der Waals surface area contributed by atoms with Gasteiger partial charge in [0.15, 0.2) is 11.5 Å². The van der Waals surface area contributed by atoms with Crippen molar-refractivity contribution in [1.29, 1.82) is 5.26 Å². The predicted molar refractivity (Wildman–Crippen MR) is 84.0 cm³/mol. The summed E-state index contributed by atoms with van der Waals surface area (Å²) in [4.78, 5) is 11.8. The van der Waals surface area contributed by atoms with Crippen LogP contribution in [0.15, 0.2) is 46.2 Å².